The van der Waals surface area contributed by atoms with Crippen LogP contribution in [-0.2, 0) is 6.54 Å². The third-order valence-corrected chi connectivity index (χ3v) is 2.81. The molecule has 0 bridgehead atoms. The Labute approximate surface area is 114 Å². The highest BCUT2D eigenvalue weighted by Crippen LogP contribution is 2.04. The molecule has 19 heavy (non-hydrogen) atoms. The molecule has 0 spiro atoms. The second-order valence-electron chi connectivity index (χ2n) is 4.45. The molecular formula is C17H17NO. The first-order valence-electron chi connectivity index (χ1n) is 6.27. The summed E-state index contributed by atoms with van der Waals surface area (Å²) in [6.07, 6.45) is 3.43. The van der Waals surface area contributed by atoms with Crippen LogP contribution in [0.3, 0.4) is 0 Å². The second kappa shape index (κ2) is 6.55. The van der Waals surface area contributed by atoms with Crippen LogP contribution >= 0.6 is 0 Å². The summed E-state index contributed by atoms with van der Waals surface area (Å²) in [7, 11) is 1.96. The van der Waals surface area contributed by atoms with Gasteiger partial charge in [-0.15, -0.1) is 0 Å². The van der Waals surface area contributed by atoms with E-state index >= 15 is 0 Å². The summed E-state index contributed by atoms with van der Waals surface area (Å²) in [5, 5.41) is 0. The minimum absolute atomic E-state index is 0.0283. The van der Waals surface area contributed by atoms with Gasteiger partial charge in [-0.05, 0) is 5.56 Å². The third kappa shape index (κ3) is 4.11. The lowest BCUT2D eigenvalue weighted by atomic mass is 10.1. The van der Waals surface area contributed by atoms with Crippen molar-refractivity contribution in [2.24, 2.45) is 0 Å². The Bertz CT molecular complexity index is 546. The number of rotatable bonds is 5. The van der Waals surface area contributed by atoms with Crippen LogP contribution in [0.4, 0.5) is 0 Å². The van der Waals surface area contributed by atoms with Crippen LogP contribution in [0.1, 0.15) is 15.9 Å². The molecule has 0 fully saturated rings. The number of carbonyl (C=O) groups is 1. The molecule has 2 rings (SSSR count). The predicted molar refractivity (Wildman–Crippen MR) is 77.8 cm³/mol. The first-order valence-corrected chi connectivity index (χ1v) is 6.27. The molecule has 0 aromatic heterocycles. The van der Waals surface area contributed by atoms with Gasteiger partial charge in [0.15, 0.2) is 5.78 Å². The van der Waals surface area contributed by atoms with E-state index in [0.717, 1.165) is 6.54 Å². The SMILES string of the molecule is CN(C=CC(=O)c1ccccc1)Cc1ccccc1. The van der Waals surface area contributed by atoms with Gasteiger partial charge in [0.1, 0.15) is 0 Å². The molecule has 0 radical (unpaired) electrons. The van der Waals surface area contributed by atoms with Gasteiger partial charge in [-0.3, -0.25) is 4.79 Å². The fourth-order valence-electron chi connectivity index (χ4n) is 1.82. The number of carbonyl (C=O) groups excluding carboxylic acids is 1. The molecule has 0 aliphatic carbocycles. The molecule has 96 valence electrons. The fraction of sp³-hybridized carbons (Fsp3) is 0.118. The summed E-state index contributed by atoms with van der Waals surface area (Å²) in [5.74, 6) is 0.0283. The van der Waals surface area contributed by atoms with Crippen molar-refractivity contribution in [2.45, 2.75) is 6.54 Å². The summed E-state index contributed by atoms with van der Waals surface area (Å²) in [6.45, 7) is 0.791. The zero-order chi connectivity index (χ0) is 13.5. The summed E-state index contributed by atoms with van der Waals surface area (Å²) in [5.41, 5.74) is 1.94. The van der Waals surface area contributed by atoms with Crippen molar-refractivity contribution in [2.75, 3.05) is 7.05 Å². The Balaban J connectivity index is 1.94. The van der Waals surface area contributed by atoms with Crippen molar-refractivity contribution in [3.8, 4) is 0 Å². The van der Waals surface area contributed by atoms with Crippen LogP contribution in [0.2, 0.25) is 0 Å². The van der Waals surface area contributed by atoms with Gasteiger partial charge in [-0.25, -0.2) is 0 Å². The lowest BCUT2D eigenvalue weighted by molar-refractivity contribution is 0.104. The largest absolute Gasteiger partial charge is 0.376 e. The Morgan fingerprint density at radius 3 is 2.21 bits per heavy atom. The highest BCUT2D eigenvalue weighted by atomic mass is 16.1. The number of nitrogens with zero attached hydrogens (tertiary/aromatic N) is 1. The van der Waals surface area contributed by atoms with Crippen molar-refractivity contribution in [3.05, 3.63) is 84.1 Å². The molecular weight excluding hydrogens is 234 g/mol. The van der Waals surface area contributed by atoms with E-state index in [1.54, 1.807) is 6.08 Å². The van der Waals surface area contributed by atoms with E-state index in [1.165, 1.54) is 5.56 Å². The van der Waals surface area contributed by atoms with Gasteiger partial charge in [0.2, 0.25) is 0 Å². The van der Waals surface area contributed by atoms with Gasteiger partial charge >= 0.3 is 0 Å². The Morgan fingerprint density at radius 2 is 1.58 bits per heavy atom. The highest BCUT2D eigenvalue weighted by molar-refractivity contribution is 6.04. The first kappa shape index (κ1) is 13.1. The van der Waals surface area contributed by atoms with Crippen molar-refractivity contribution >= 4 is 5.78 Å². The number of allylic oxidation sites excluding steroid dienone is 1. The van der Waals surface area contributed by atoms with Crippen molar-refractivity contribution in [1.82, 2.24) is 4.90 Å². The summed E-state index contributed by atoms with van der Waals surface area (Å²) in [4.78, 5) is 13.9. The standard InChI is InChI=1S/C17H17NO/c1-18(14-15-8-4-2-5-9-15)13-12-17(19)16-10-6-3-7-11-16/h2-13H,14H2,1H3. The second-order valence-corrected chi connectivity index (χ2v) is 4.45. The minimum Gasteiger partial charge on any atom is -0.376 e. The van der Waals surface area contributed by atoms with E-state index in [9.17, 15) is 4.79 Å². The number of ketones is 1. The van der Waals surface area contributed by atoms with E-state index < -0.39 is 0 Å². The number of benzene rings is 2. The fourth-order valence-corrected chi connectivity index (χ4v) is 1.82. The van der Waals surface area contributed by atoms with Crippen molar-refractivity contribution in [3.63, 3.8) is 0 Å². The predicted octanol–water partition coefficient (Wildman–Crippen LogP) is 3.52. The molecule has 0 amide bonds. The van der Waals surface area contributed by atoms with E-state index in [2.05, 4.69) is 12.1 Å². The van der Waals surface area contributed by atoms with Gasteiger partial charge in [-0.1, -0.05) is 60.7 Å². The minimum atomic E-state index is 0.0283. The van der Waals surface area contributed by atoms with E-state index in [1.807, 2.05) is 66.7 Å². The molecule has 2 nitrogen and oxygen atoms in total. The van der Waals surface area contributed by atoms with E-state index in [4.69, 9.17) is 0 Å². The molecule has 0 aliphatic heterocycles. The molecule has 2 heteroatoms. The van der Waals surface area contributed by atoms with Gasteiger partial charge in [0.05, 0.1) is 0 Å². The summed E-state index contributed by atoms with van der Waals surface area (Å²) in [6, 6.07) is 19.5. The van der Waals surface area contributed by atoms with Gasteiger partial charge in [0.25, 0.3) is 0 Å². The molecule has 0 saturated heterocycles. The molecule has 0 aliphatic rings. The van der Waals surface area contributed by atoms with Crippen molar-refractivity contribution < 1.29 is 4.79 Å². The van der Waals surface area contributed by atoms with Gasteiger partial charge in [0, 0.05) is 31.4 Å². The Hall–Kier alpha value is -2.35. The van der Waals surface area contributed by atoms with E-state index in [0.29, 0.717) is 5.56 Å². The zero-order valence-corrected chi connectivity index (χ0v) is 11.0. The first-order chi connectivity index (χ1) is 9.25. The van der Waals surface area contributed by atoms with Crippen LogP contribution in [0.5, 0.6) is 0 Å². The normalized spacial score (nSPS) is 10.6. The smallest absolute Gasteiger partial charge is 0.187 e. The van der Waals surface area contributed by atoms with Gasteiger partial charge in [-0.2, -0.15) is 0 Å². The highest BCUT2D eigenvalue weighted by Gasteiger charge is 2.00. The molecule has 0 saturated carbocycles. The van der Waals surface area contributed by atoms with Gasteiger partial charge < -0.3 is 4.90 Å². The molecule has 0 heterocycles. The molecule has 2 aromatic rings. The maximum Gasteiger partial charge on any atom is 0.187 e. The Morgan fingerprint density at radius 1 is 1.00 bits per heavy atom. The summed E-state index contributed by atoms with van der Waals surface area (Å²) < 4.78 is 0. The topological polar surface area (TPSA) is 20.3 Å². The lowest BCUT2D eigenvalue weighted by Gasteiger charge is -2.13. The zero-order valence-electron chi connectivity index (χ0n) is 11.0. The van der Waals surface area contributed by atoms with Crippen LogP contribution in [0, 0.1) is 0 Å². The number of hydrogen-bond donors (Lipinski definition) is 0. The summed E-state index contributed by atoms with van der Waals surface area (Å²) >= 11 is 0. The third-order valence-electron chi connectivity index (χ3n) is 2.81. The molecule has 0 unspecified atom stereocenters. The monoisotopic (exact) mass is 251 g/mol. The van der Waals surface area contributed by atoms with Crippen LogP contribution < -0.4 is 0 Å². The Kier molecular flexibility index (Phi) is 4.51. The van der Waals surface area contributed by atoms with Crippen LogP contribution in [-0.4, -0.2) is 17.7 Å². The van der Waals surface area contributed by atoms with Crippen molar-refractivity contribution in [1.29, 1.82) is 0 Å². The lowest BCUT2D eigenvalue weighted by Crippen LogP contribution is -2.10. The molecule has 0 N–H and O–H groups in total. The van der Waals surface area contributed by atoms with E-state index in [-0.39, 0.29) is 5.78 Å². The van der Waals surface area contributed by atoms with Crippen LogP contribution in [0.15, 0.2) is 72.9 Å². The maximum atomic E-state index is 11.9. The number of hydrogen-bond acceptors (Lipinski definition) is 2. The maximum absolute atomic E-state index is 11.9. The van der Waals surface area contributed by atoms with Crippen LogP contribution in [0.25, 0.3) is 0 Å². The molecule has 2 aromatic carbocycles. The quantitative estimate of drug-likeness (QED) is 0.598. The average Bonchev–Trinajstić information content (AvgIpc) is 2.47. The molecule has 0 atom stereocenters. The average molecular weight is 251 g/mol.